The number of hydrogen-bond donors (Lipinski definition) is 2. The van der Waals surface area contributed by atoms with E-state index in [0.29, 0.717) is 5.56 Å². The van der Waals surface area contributed by atoms with E-state index in [4.69, 9.17) is 17.3 Å². The molecule has 0 heterocycles. The Balaban J connectivity index is 0.00000400. The van der Waals surface area contributed by atoms with Crippen molar-refractivity contribution in [3.8, 4) is 0 Å². The Morgan fingerprint density at radius 1 is 1.43 bits per heavy atom. The maximum absolute atomic E-state index is 12.3. The van der Waals surface area contributed by atoms with Crippen LogP contribution >= 0.6 is 24.0 Å². The minimum atomic E-state index is -4.01. The fraction of sp³-hybridized carbons (Fsp3) is 0.455. The average Bonchev–Trinajstić information content (AvgIpc) is 2.30. The molecule has 1 aromatic rings. The summed E-state index contributed by atoms with van der Waals surface area (Å²) in [4.78, 5) is 9.83. The Bertz CT molecular complexity index is 647. The number of nitrogens with one attached hydrogen (secondary N) is 1. The van der Waals surface area contributed by atoms with Crippen LogP contribution < -0.4 is 10.5 Å². The van der Waals surface area contributed by atoms with Crippen molar-refractivity contribution in [1.82, 2.24) is 4.72 Å². The summed E-state index contributed by atoms with van der Waals surface area (Å²) in [6, 6.07) is 2.50. The normalized spacial score (nSPS) is 11.9. The second-order valence-electron chi connectivity index (χ2n) is 5.05. The molecule has 120 valence electrons. The first-order chi connectivity index (χ1) is 9.00. The number of benzene rings is 1. The van der Waals surface area contributed by atoms with Gasteiger partial charge in [0.25, 0.3) is 5.69 Å². The first-order valence-electron chi connectivity index (χ1n) is 5.69. The van der Waals surface area contributed by atoms with E-state index >= 15 is 0 Å². The van der Waals surface area contributed by atoms with E-state index in [9.17, 15) is 18.5 Å². The third-order valence-electron chi connectivity index (χ3n) is 2.57. The smallest absolute Gasteiger partial charge is 0.289 e. The zero-order valence-electron chi connectivity index (χ0n) is 11.7. The Hall–Kier alpha value is -0.930. The van der Waals surface area contributed by atoms with Gasteiger partial charge in [0, 0.05) is 18.2 Å². The van der Waals surface area contributed by atoms with Gasteiger partial charge in [0.05, 0.1) is 4.92 Å². The molecule has 0 aliphatic heterocycles. The van der Waals surface area contributed by atoms with Gasteiger partial charge >= 0.3 is 0 Å². The highest BCUT2D eigenvalue weighted by molar-refractivity contribution is 7.89. The van der Waals surface area contributed by atoms with Gasteiger partial charge in [-0.05, 0) is 32.4 Å². The van der Waals surface area contributed by atoms with Crippen LogP contribution in [-0.2, 0) is 10.0 Å². The van der Waals surface area contributed by atoms with Crippen LogP contribution in [-0.4, -0.2) is 25.4 Å². The second-order valence-corrected chi connectivity index (χ2v) is 7.08. The minimum Gasteiger partial charge on any atom is -0.329 e. The third kappa shape index (κ3) is 4.79. The molecule has 0 spiro atoms. The molecule has 0 atom stereocenters. The number of nitro groups is 1. The second kappa shape index (κ2) is 6.89. The van der Waals surface area contributed by atoms with Crippen LogP contribution in [0, 0.1) is 17.0 Å². The van der Waals surface area contributed by atoms with Gasteiger partial charge in [-0.25, -0.2) is 13.1 Å². The Morgan fingerprint density at radius 3 is 2.38 bits per heavy atom. The summed E-state index contributed by atoms with van der Waals surface area (Å²) in [6.07, 6.45) is 0. The maximum Gasteiger partial charge on any atom is 0.289 e. The Kier molecular flexibility index (Phi) is 6.58. The monoisotopic (exact) mass is 357 g/mol. The number of nitrogens with two attached hydrogens (primary N) is 1. The van der Waals surface area contributed by atoms with Crippen LogP contribution in [0.15, 0.2) is 17.0 Å². The van der Waals surface area contributed by atoms with Crippen LogP contribution in [0.2, 0.25) is 5.02 Å². The van der Waals surface area contributed by atoms with Crippen LogP contribution in [0.5, 0.6) is 0 Å². The molecule has 10 heteroatoms. The summed E-state index contributed by atoms with van der Waals surface area (Å²) in [7, 11) is -4.01. The zero-order chi connectivity index (χ0) is 15.7. The molecule has 0 saturated carbocycles. The molecule has 0 aliphatic rings. The van der Waals surface area contributed by atoms with Crippen LogP contribution in [0.3, 0.4) is 0 Å². The molecule has 0 amide bonds. The summed E-state index contributed by atoms with van der Waals surface area (Å²) in [6.45, 7) is 4.82. The topological polar surface area (TPSA) is 115 Å². The molecule has 0 radical (unpaired) electrons. The lowest BCUT2D eigenvalue weighted by Crippen LogP contribution is -2.48. The summed E-state index contributed by atoms with van der Waals surface area (Å²) in [5.74, 6) is 0. The SMILES string of the molecule is Cc1cc([N+](=O)[O-])c(Cl)c(S(=O)(=O)NC(C)(C)CN)c1.Cl. The Morgan fingerprint density at radius 2 is 1.95 bits per heavy atom. The minimum absolute atomic E-state index is 0. The van der Waals surface area contributed by atoms with Gasteiger partial charge in [0.2, 0.25) is 10.0 Å². The van der Waals surface area contributed by atoms with Crippen molar-refractivity contribution < 1.29 is 13.3 Å². The number of nitrogens with zero attached hydrogens (tertiary/aromatic N) is 1. The number of hydrogen-bond acceptors (Lipinski definition) is 5. The van der Waals surface area contributed by atoms with Gasteiger partial charge in [-0.2, -0.15) is 0 Å². The molecule has 0 saturated heterocycles. The van der Waals surface area contributed by atoms with E-state index in [1.165, 1.54) is 12.1 Å². The number of rotatable bonds is 5. The molecule has 1 rings (SSSR count). The molecule has 3 N–H and O–H groups in total. The first-order valence-corrected chi connectivity index (χ1v) is 7.55. The van der Waals surface area contributed by atoms with Crippen molar-refractivity contribution in [3.63, 3.8) is 0 Å². The summed E-state index contributed by atoms with van der Waals surface area (Å²) in [5, 5.41) is 10.5. The highest BCUT2D eigenvalue weighted by Crippen LogP contribution is 2.32. The number of halogens is 2. The molecule has 0 fully saturated rings. The lowest BCUT2D eigenvalue weighted by molar-refractivity contribution is -0.385. The van der Waals surface area contributed by atoms with Crippen molar-refractivity contribution in [2.75, 3.05) is 6.54 Å². The molecular formula is C11H17Cl2N3O4S. The van der Waals surface area contributed by atoms with Gasteiger partial charge in [-0.3, -0.25) is 10.1 Å². The van der Waals surface area contributed by atoms with Crippen LogP contribution in [0.4, 0.5) is 5.69 Å². The largest absolute Gasteiger partial charge is 0.329 e. The van der Waals surface area contributed by atoms with Gasteiger partial charge in [-0.1, -0.05) is 11.6 Å². The predicted molar refractivity (Wildman–Crippen MR) is 83.5 cm³/mol. The zero-order valence-corrected chi connectivity index (χ0v) is 14.1. The molecule has 0 aromatic heterocycles. The summed E-state index contributed by atoms with van der Waals surface area (Å²) < 4.78 is 26.9. The van der Waals surface area contributed by atoms with Crippen LogP contribution in [0.1, 0.15) is 19.4 Å². The molecule has 7 nitrogen and oxygen atoms in total. The van der Waals surface area contributed by atoms with Gasteiger partial charge in [0.1, 0.15) is 9.92 Å². The molecule has 0 unspecified atom stereocenters. The average molecular weight is 358 g/mol. The first kappa shape index (κ1) is 20.1. The lowest BCUT2D eigenvalue weighted by atomic mass is 10.1. The molecular weight excluding hydrogens is 341 g/mol. The van der Waals surface area contributed by atoms with E-state index in [1.807, 2.05) is 0 Å². The summed E-state index contributed by atoms with van der Waals surface area (Å²) in [5.41, 5.74) is 4.56. The van der Waals surface area contributed by atoms with Gasteiger partial charge in [0.15, 0.2) is 0 Å². The highest BCUT2D eigenvalue weighted by Gasteiger charge is 2.30. The number of nitro benzene ring substituents is 1. The van der Waals surface area contributed by atoms with Crippen molar-refractivity contribution in [2.45, 2.75) is 31.2 Å². The fourth-order valence-corrected chi connectivity index (χ4v) is 3.59. The molecule has 0 bridgehead atoms. The van der Waals surface area contributed by atoms with E-state index in [0.717, 1.165) is 0 Å². The predicted octanol–water partition coefficient (Wildman–Crippen LogP) is 1.99. The maximum atomic E-state index is 12.3. The van der Waals surface area contributed by atoms with Crippen molar-refractivity contribution in [2.24, 2.45) is 5.73 Å². The quantitative estimate of drug-likeness (QED) is 0.617. The van der Waals surface area contributed by atoms with E-state index in [2.05, 4.69) is 4.72 Å². The van der Waals surface area contributed by atoms with Crippen molar-refractivity contribution in [3.05, 3.63) is 32.8 Å². The lowest BCUT2D eigenvalue weighted by Gasteiger charge is -2.24. The number of sulfonamides is 1. The molecule has 21 heavy (non-hydrogen) atoms. The van der Waals surface area contributed by atoms with E-state index < -0.39 is 31.2 Å². The summed E-state index contributed by atoms with van der Waals surface area (Å²) >= 11 is 5.84. The van der Waals surface area contributed by atoms with Gasteiger partial charge < -0.3 is 5.73 Å². The Labute approximate surface area is 134 Å². The van der Waals surface area contributed by atoms with E-state index in [1.54, 1.807) is 20.8 Å². The third-order valence-corrected chi connectivity index (χ3v) is 4.80. The highest BCUT2D eigenvalue weighted by atomic mass is 35.5. The van der Waals surface area contributed by atoms with Gasteiger partial charge in [-0.15, -0.1) is 12.4 Å². The standard InChI is InChI=1S/C11H16ClN3O4S.ClH/c1-7-4-8(15(16)17)10(12)9(5-7)20(18,19)14-11(2,3)6-13;/h4-5,14H,6,13H2,1-3H3;1H. The fourth-order valence-electron chi connectivity index (χ4n) is 1.51. The van der Waals surface area contributed by atoms with Crippen molar-refractivity contribution >= 4 is 39.7 Å². The molecule has 0 aliphatic carbocycles. The van der Waals surface area contributed by atoms with Crippen molar-refractivity contribution in [1.29, 1.82) is 0 Å². The number of aryl methyl sites for hydroxylation is 1. The van der Waals surface area contributed by atoms with E-state index in [-0.39, 0.29) is 23.8 Å². The van der Waals surface area contributed by atoms with Crippen LogP contribution in [0.25, 0.3) is 0 Å². The molecule has 1 aromatic carbocycles.